The van der Waals surface area contributed by atoms with Crippen LogP contribution in [0.3, 0.4) is 0 Å². The third kappa shape index (κ3) is 3.49. The van der Waals surface area contributed by atoms with Crippen LogP contribution in [-0.4, -0.2) is 23.3 Å². The molecule has 1 aromatic carbocycles. The van der Waals surface area contributed by atoms with Gasteiger partial charge >= 0.3 is 0 Å². The summed E-state index contributed by atoms with van der Waals surface area (Å²) in [6, 6.07) is 9.34. The van der Waals surface area contributed by atoms with Gasteiger partial charge in [-0.25, -0.2) is 0 Å². The van der Waals surface area contributed by atoms with E-state index < -0.39 is 5.60 Å². The first-order valence-electron chi connectivity index (χ1n) is 8.57. The first-order chi connectivity index (χ1) is 10.1. The molecule has 2 aliphatic rings. The van der Waals surface area contributed by atoms with Crippen molar-refractivity contribution < 1.29 is 5.11 Å². The molecule has 0 aliphatic heterocycles. The SMILES string of the molecule is Cc1ccccc1C1CC(NCC2(O)CCCC(C)C2)C1. The highest BCUT2D eigenvalue weighted by Gasteiger charge is 2.36. The van der Waals surface area contributed by atoms with Crippen LogP contribution >= 0.6 is 0 Å². The van der Waals surface area contributed by atoms with Gasteiger partial charge in [0.25, 0.3) is 0 Å². The fraction of sp³-hybridized carbons (Fsp3) is 0.684. The van der Waals surface area contributed by atoms with Gasteiger partial charge in [0.05, 0.1) is 5.60 Å². The van der Waals surface area contributed by atoms with Crippen LogP contribution in [0, 0.1) is 12.8 Å². The summed E-state index contributed by atoms with van der Waals surface area (Å²) in [4.78, 5) is 0. The second kappa shape index (κ2) is 6.10. The van der Waals surface area contributed by atoms with Gasteiger partial charge in [-0.1, -0.05) is 44.0 Å². The Balaban J connectivity index is 1.46. The highest BCUT2D eigenvalue weighted by atomic mass is 16.3. The number of nitrogens with one attached hydrogen (secondary N) is 1. The summed E-state index contributed by atoms with van der Waals surface area (Å²) in [7, 11) is 0. The van der Waals surface area contributed by atoms with Gasteiger partial charge in [-0.15, -0.1) is 0 Å². The Morgan fingerprint density at radius 2 is 2.05 bits per heavy atom. The summed E-state index contributed by atoms with van der Waals surface area (Å²) >= 11 is 0. The van der Waals surface area contributed by atoms with E-state index in [2.05, 4.69) is 43.4 Å². The van der Waals surface area contributed by atoms with Gasteiger partial charge in [0.1, 0.15) is 0 Å². The first-order valence-corrected chi connectivity index (χ1v) is 8.57. The van der Waals surface area contributed by atoms with Gasteiger partial charge in [-0.2, -0.15) is 0 Å². The van der Waals surface area contributed by atoms with Crippen LogP contribution < -0.4 is 5.32 Å². The third-order valence-electron chi connectivity index (χ3n) is 5.55. The number of rotatable bonds is 4. The Bertz CT molecular complexity index is 480. The smallest absolute Gasteiger partial charge is 0.0774 e. The molecule has 3 rings (SSSR count). The molecule has 0 aromatic heterocycles. The molecule has 116 valence electrons. The predicted octanol–water partition coefficient (Wildman–Crippen LogP) is 3.77. The van der Waals surface area contributed by atoms with Crippen LogP contribution in [0.1, 0.15) is 62.5 Å². The Hall–Kier alpha value is -0.860. The van der Waals surface area contributed by atoms with E-state index in [4.69, 9.17) is 0 Å². The second-order valence-electron chi connectivity index (χ2n) is 7.53. The first kappa shape index (κ1) is 15.1. The Morgan fingerprint density at radius 3 is 2.76 bits per heavy atom. The number of hydrogen-bond acceptors (Lipinski definition) is 2. The molecule has 0 radical (unpaired) electrons. The predicted molar refractivity (Wildman–Crippen MR) is 87.5 cm³/mol. The van der Waals surface area contributed by atoms with Crippen LogP contribution in [-0.2, 0) is 0 Å². The monoisotopic (exact) mass is 287 g/mol. The minimum atomic E-state index is -0.453. The Kier molecular flexibility index (Phi) is 4.37. The molecule has 2 aliphatic carbocycles. The molecule has 0 saturated heterocycles. The lowest BCUT2D eigenvalue weighted by atomic mass is 9.73. The van der Waals surface area contributed by atoms with E-state index in [0.717, 1.165) is 19.4 Å². The molecule has 2 N–H and O–H groups in total. The zero-order chi connectivity index (χ0) is 14.9. The second-order valence-corrected chi connectivity index (χ2v) is 7.53. The van der Waals surface area contributed by atoms with Gasteiger partial charge < -0.3 is 10.4 Å². The topological polar surface area (TPSA) is 32.3 Å². The van der Waals surface area contributed by atoms with Crippen molar-refractivity contribution in [3.05, 3.63) is 35.4 Å². The van der Waals surface area contributed by atoms with E-state index in [9.17, 15) is 5.11 Å². The van der Waals surface area contributed by atoms with E-state index >= 15 is 0 Å². The molecule has 2 unspecified atom stereocenters. The molecule has 2 nitrogen and oxygen atoms in total. The molecule has 0 bridgehead atoms. The molecule has 2 fully saturated rings. The number of aryl methyl sites for hydroxylation is 1. The average molecular weight is 287 g/mol. The molecule has 0 amide bonds. The molecule has 0 spiro atoms. The molecule has 2 heteroatoms. The summed E-state index contributed by atoms with van der Waals surface area (Å²) in [5, 5.41) is 14.3. The van der Waals surface area contributed by atoms with Crippen LogP contribution in [0.5, 0.6) is 0 Å². The van der Waals surface area contributed by atoms with Gasteiger partial charge in [-0.3, -0.25) is 0 Å². The van der Waals surface area contributed by atoms with Crippen molar-refractivity contribution in [1.29, 1.82) is 0 Å². The van der Waals surface area contributed by atoms with Gasteiger partial charge in [0, 0.05) is 12.6 Å². The minimum absolute atomic E-state index is 0.453. The molecule has 2 saturated carbocycles. The van der Waals surface area contributed by atoms with E-state index in [1.807, 2.05) is 0 Å². The maximum Gasteiger partial charge on any atom is 0.0774 e. The highest BCUT2D eigenvalue weighted by Crippen LogP contribution is 2.39. The largest absolute Gasteiger partial charge is 0.389 e. The van der Waals surface area contributed by atoms with Crippen molar-refractivity contribution in [2.45, 2.75) is 69.9 Å². The fourth-order valence-corrected chi connectivity index (χ4v) is 4.21. The van der Waals surface area contributed by atoms with Crippen molar-refractivity contribution >= 4 is 0 Å². The zero-order valence-corrected chi connectivity index (χ0v) is 13.4. The van der Waals surface area contributed by atoms with E-state index in [1.54, 1.807) is 0 Å². The van der Waals surface area contributed by atoms with Crippen LogP contribution in [0.25, 0.3) is 0 Å². The molecular weight excluding hydrogens is 258 g/mol. The Labute approximate surface area is 129 Å². The standard InChI is InChI=1S/C19H29NO/c1-14-6-5-9-19(21,12-14)13-20-17-10-16(11-17)18-8-4-3-7-15(18)2/h3-4,7-8,14,16-17,20-21H,5-6,9-13H2,1-2H3. The number of benzene rings is 1. The minimum Gasteiger partial charge on any atom is -0.389 e. The molecule has 2 atom stereocenters. The number of hydrogen-bond donors (Lipinski definition) is 2. The number of aliphatic hydroxyl groups is 1. The lowest BCUT2D eigenvalue weighted by Gasteiger charge is -2.41. The van der Waals surface area contributed by atoms with Gasteiger partial charge in [0.2, 0.25) is 0 Å². The van der Waals surface area contributed by atoms with Crippen molar-refractivity contribution in [3.8, 4) is 0 Å². The van der Waals surface area contributed by atoms with Crippen LogP contribution in [0.2, 0.25) is 0 Å². The molecular formula is C19H29NO. The molecule has 1 aromatic rings. The van der Waals surface area contributed by atoms with Crippen molar-refractivity contribution in [2.24, 2.45) is 5.92 Å². The fourth-order valence-electron chi connectivity index (χ4n) is 4.21. The normalized spacial score (nSPS) is 36.2. The summed E-state index contributed by atoms with van der Waals surface area (Å²) in [6.45, 7) is 5.26. The van der Waals surface area contributed by atoms with E-state index in [0.29, 0.717) is 17.9 Å². The van der Waals surface area contributed by atoms with Crippen molar-refractivity contribution in [1.82, 2.24) is 5.32 Å². The van der Waals surface area contributed by atoms with Gasteiger partial charge in [0.15, 0.2) is 0 Å². The average Bonchev–Trinajstić information content (AvgIpc) is 2.38. The highest BCUT2D eigenvalue weighted by molar-refractivity contribution is 5.31. The Morgan fingerprint density at radius 1 is 1.29 bits per heavy atom. The summed E-state index contributed by atoms with van der Waals surface area (Å²) in [5.41, 5.74) is 2.48. The zero-order valence-electron chi connectivity index (χ0n) is 13.4. The van der Waals surface area contributed by atoms with E-state index in [-0.39, 0.29) is 0 Å². The van der Waals surface area contributed by atoms with Crippen molar-refractivity contribution in [2.75, 3.05) is 6.54 Å². The lowest BCUT2D eigenvalue weighted by Crippen LogP contribution is -2.50. The third-order valence-corrected chi connectivity index (χ3v) is 5.55. The van der Waals surface area contributed by atoms with Gasteiger partial charge in [-0.05, 0) is 55.6 Å². The van der Waals surface area contributed by atoms with E-state index in [1.165, 1.54) is 36.8 Å². The molecule has 21 heavy (non-hydrogen) atoms. The maximum atomic E-state index is 10.7. The summed E-state index contributed by atoms with van der Waals surface area (Å²) in [5.74, 6) is 1.38. The quantitative estimate of drug-likeness (QED) is 0.883. The summed E-state index contributed by atoms with van der Waals surface area (Å²) in [6.07, 6.45) is 6.83. The van der Waals surface area contributed by atoms with Crippen LogP contribution in [0.15, 0.2) is 24.3 Å². The maximum absolute atomic E-state index is 10.7. The lowest BCUT2D eigenvalue weighted by molar-refractivity contribution is -0.0162. The molecule has 0 heterocycles. The van der Waals surface area contributed by atoms with Crippen LogP contribution in [0.4, 0.5) is 0 Å². The summed E-state index contributed by atoms with van der Waals surface area (Å²) < 4.78 is 0. The van der Waals surface area contributed by atoms with Crippen molar-refractivity contribution in [3.63, 3.8) is 0 Å².